The number of amides is 1. The molecule has 2 aromatic carbocycles. The van der Waals surface area contributed by atoms with Gasteiger partial charge in [-0.1, -0.05) is 12.5 Å². The van der Waals surface area contributed by atoms with Crippen molar-refractivity contribution in [2.24, 2.45) is 0 Å². The van der Waals surface area contributed by atoms with E-state index < -0.39 is 10.0 Å². The number of nitrogens with two attached hydrogens (primary N) is 1. The number of carbonyl (C=O) groups excluding carboxylic acids is 1. The lowest BCUT2D eigenvalue weighted by Gasteiger charge is -2.25. The Bertz CT molecular complexity index is 902. The van der Waals surface area contributed by atoms with E-state index in [4.69, 9.17) is 5.73 Å². The van der Waals surface area contributed by atoms with Crippen molar-refractivity contribution in [3.63, 3.8) is 0 Å². The SMILES string of the molecule is Cc1ccc(N)cc1NC(=O)c1ccc(S(=O)(=O)N2CCCCC2)cc1. The van der Waals surface area contributed by atoms with Crippen molar-refractivity contribution in [2.75, 3.05) is 24.1 Å². The van der Waals surface area contributed by atoms with Crippen LogP contribution in [-0.2, 0) is 10.0 Å². The fourth-order valence-corrected chi connectivity index (χ4v) is 4.52. The molecule has 1 aliphatic rings. The van der Waals surface area contributed by atoms with Crippen molar-refractivity contribution in [2.45, 2.75) is 31.1 Å². The summed E-state index contributed by atoms with van der Waals surface area (Å²) in [6.45, 7) is 2.99. The summed E-state index contributed by atoms with van der Waals surface area (Å²) >= 11 is 0. The van der Waals surface area contributed by atoms with E-state index in [-0.39, 0.29) is 10.8 Å². The van der Waals surface area contributed by atoms with Gasteiger partial charge in [0.25, 0.3) is 5.91 Å². The number of aryl methyl sites for hydroxylation is 1. The van der Waals surface area contributed by atoms with Gasteiger partial charge in [-0.05, 0) is 61.7 Å². The number of nitrogens with zero attached hydrogens (tertiary/aromatic N) is 1. The van der Waals surface area contributed by atoms with Gasteiger partial charge in [-0.3, -0.25) is 4.79 Å². The molecule has 0 saturated carbocycles. The molecule has 1 saturated heterocycles. The van der Waals surface area contributed by atoms with Gasteiger partial charge in [0.2, 0.25) is 10.0 Å². The van der Waals surface area contributed by atoms with E-state index in [1.54, 1.807) is 12.1 Å². The second-order valence-electron chi connectivity index (χ2n) is 6.52. The summed E-state index contributed by atoms with van der Waals surface area (Å²) in [7, 11) is -3.49. The minimum Gasteiger partial charge on any atom is -0.399 e. The average molecular weight is 373 g/mol. The Hall–Kier alpha value is -2.38. The highest BCUT2D eigenvalue weighted by molar-refractivity contribution is 7.89. The minimum absolute atomic E-state index is 0.219. The number of anilines is 2. The fourth-order valence-electron chi connectivity index (χ4n) is 3.00. The number of piperidine rings is 1. The lowest BCUT2D eigenvalue weighted by molar-refractivity contribution is 0.102. The van der Waals surface area contributed by atoms with E-state index in [1.165, 1.54) is 28.6 Å². The van der Waals surface area contributed by atoms with Crippen LogP contribution in [0.25, 0.3) is 0 Å². The third-order valence-electron chi connectivity index (χ3n) is 4.58. The van der Waals surface area contributed by atoms with Crippen molar-refractivity contribution in [3.8, 4) is 0 Å². The van der Waals surface area contributed by atoms with E-state index in [2.05, 4.69) is 5.32 Å². The van der Waals surface area contributed by atoms with E-state index in [1.807, 2.05) is 13.0 Å². The second-order valence-corrected chi connectivity index (χ2v) is 8.46. The first-order valence-corrected chi connectivity index (χ1v) is 10.1. The number of carbonyl (C=O) groups is 1. The molecular weight excluding hydrogens is 350 g/mol. The molecular formula is C19H23N3O3S. The maximum absolute atomic E-state index is 12.7. The van der Waals surface area contributed by atoms with E-state index in [9.17, 15) is 13.2 Å². The van der Waals surface area contributed by atoms with Gasteiger partial charge < -0.3 is 11.1 Å². The molecule has 1 aliphatic heterocycles. The van der Waals surface area contributed by atoms with Gasteiger partial charge in [0.1, 0.15) is 0 Å². The molecule has 3 rings (SSSR count). The fraction of sp³-hybridized carbons (Fsp3) is 0.316. The molecule has 3 N–H and O–H groups in total. The van der Waals surface area contributed by atoms with Crippen LogP contribution in [0.4, 0.5) is 11.4 Å². The van der Waals surface area contributed by atoms with Crippen LogP contribution in [0.2, 0.25) is 0 Å². The maximum Gasteiger partial charge on any atom is 0.255 e. The van der Waals surface area contributed by atoms with Crippen LogP contribution in [0.5, 0.6) is 0 Å². The van der Waals surface area contributed by atoms with Crippen LogP contribution >= 0.6 is 0 Å². The number of benzene rings is 2. The number of sulfonamides is 1. The first-order valence-electron chi connectivity index (χ1n) is 8.65. The van der Waals surface area contributed by atoms with Crippen LogP contribution < -0.4 is 11.1 Å². The van der Waals surface area contributed by atoms with Crippen molar-refractivity contribution < 1.29 is 13.2 Å². The topological polar surface area (TPSA) is 92.5 Å². The molecule has 0 aliphatic carbocycles. The maximum atomic E-state index is 12.7. The summed E-state index contributed by atoms with van der Waals surface area (Å²) in [5.41, 5.74) is 8.25. The third kappa shape index (κ3) is 3.89. The van der Waals surface area contributed by atoms with E-state index in [0.29, 0.717) is 30.0 Å². The largest absolute Gasteiger partial charge is 0.399 e. The van der Waals surface area contributed by atoms with E-state index >= 15 is 0 Å². The summed E-state index contributed by atoms with van der Waals surface area (Å²) in [6.07, 6.45) is 2.84. The Morgan fingerprint density at radius 1 is 1.04 bits per heavy atom. The predicted molar refractivity (Wildman–Crippen MR) is 103 cm³/mol. The summed E-state index contributed by atoms with van der Waals surface area (Å²) in [5.74, 6) is -0.305. The number of rotatable bonds is 4. The molecule has 6 nitrogen and oxygen atoms in total. The number of hydrogen-bond acceptors (Lipinski definition) is 4. The highest BCUT2D eigenvalue weighted by Crippen LogP contribution is 2.22. The zero-order chi connectivity index (χ0) is 18.7. The van der Waals surface area contributed by atoms with Crippen LogP contribution in [0.15, 0.2) is 47.4 Å². The van der Waals surface area contributed by atoms with E-state index in [0.717, 1.165) is 24.8 Å². The molecule has 0 unspecified atom stereocenters. The Morgan fingerprint density at radius 3 is 2.35 bits per heavy atom. The highest BCUT2D eigenvalue weighted by atomic mass is 32.2. The molecule has 1 fully saturated rings. The molecule has 0 spiro atoms. The summed E-state index contributed by atoms with van der Waals surface area (Å²) < 4.78 is 26.8. The molecule has 0 aromatic heterocycles. The summed E-state index contributed by atoms with van der Waals surface area (Å²) in [4.78, 5) is 12.6. The van der Waals surface area contributed by atoms with Crippen molar-refractivity contribution >= 4 is 27.3 Å². The number of nitrogens with one attached hydrogen (secondary N) is 1. The summed E-state index contributed by atoms with van der Waals surface area (Å²) in [6, 6.07) is 11.4. The van der Waals surface area contributed by atoms with Crippen molar-refractivity contribution in [1.29, 1.82) is 0 Å². The van der Waals surface area contributed by atoms with Crippen LogP contribution in [0, 0.1) is 6.92 Å². The third-order valence-corrected chi connectivity index (χ3v) is 6.49. The normalized spacial score (nSPS) is 15.6. The van der Waals surface area contributed by atoms with Gasteiger partial charge in [0, 0.05) is 30.0 Å². The Morgan fingerprint density at radius 2 is 1.69 bits per heavy atom. The molecule has 0 radical (unpaired) electrons. The molecule has 2 aromatic rings. The smallest absolute Gasteiger partial charge is 0.255 e. The standard InChI is InChI=1S/C19H23N3O3S/c1-14-5-8-16(20)13-18(14)21-19(23)15-6-9-17(10-7-15)26(24,25)22-11-3-2-4-12-22/h5-10,13H,2-4,11-12,20H2,1H3,(H,21,23). The first-order chi connectivity index (χ1) is 12.4. The van der Waals surface area contributed by atoms with Gasteiger partial charge in [-0.2, -0.15) is 4.31 Å². The number of hydrogen-bond donors (Lipinski definition) is 2. The van der Waals surface area contributed by atoms with Gasteiger partial charge >= 0.3 is 0 Å². The van der Waals surface area contributed by atoms with Gasteiger partial charge in [0.15, 0.2) is 0 Å². The average Bonchev–Trinajstić information content (AvgIpc) is 2.65. The molecule has 1 heterocycles. The monoisotopic (exact) mass is 373 g/mol. The molecule has 1 amide bonds. The molecule has 138 valence electrons. The first kappa shape index (κ1) is 18.4. The minimum atomic E-state index is -3.49. The van der Waals surface area contributed by atoms with Gasteiger partial charge in [0.05, 0.1) is 4.90 Å². The van der Waals surface area contributed by atoms with Crippen LogP contribution in [0.1, 0.15) is 35.2 Å². The van der Waals surface area contributed by atoms with Crippen molar-refractivity contribution in [3.05, 3.63) is 53.6 Å². The Labute approximate surface area is 154 Å². The van der Waals surface area contributed by atoms with Gasteiger partial charge in [-0.25, -0.2) is 8.42 Å². The zero-order valence-electron chi connectivity index (χ0n) is 14.7. The Balaban J connectivity index is 1.76. The number of nitrogen functional groups attached to an aromatic ring is 1. The Kier molecular flexibility index (Phi) is 5.29. The molecule has 0 bridgehead atoms. The highest BCUT2D eigenvalue weighted by Gasteiger charge is 2.25. The quantitative estimate of drug-likeness (QED) is 0.806. The lowest BCUT2D eigenvalue weighted by Crippen LogP contribution is -2.35. The lowest BCUT2D eigenvalue weighted by atomic mass is 10.1. The van der Waals surface area contributed by atoms with Crippen LogP contribution in [0.3, 0.4) is 0 Å². The second kappa shape index (κ2) is 7.47. The summed E-state index contributed by atoms with van der Waals surface area (Å²) in [5, 5.41) is 2.81. The zero-order valence-corrected chi connectivity index (χ0v) is 15.6. The molecule has 26 heavy (non-hydrogen) atoms. The molecule has 7 heteroatoms. The van der Waals surface area contributed by atoms with Crippen molar-refractivity contribution in [1.82, 2.24) is 4.31 Å². The molecule has 0 atom stereocenters. The predicted octanol–water partition coefficient (Wildman–Crippen LogP) is 3.00. The van der Waals surface area contributed by atoms with Gasteiger partial charge in [-0.15, -0.1) is 0 Å². The van der Waals surface area contributed by atoms with Crippen LogP contribution in [-0.4, -0.2) is 31.7 Å².